The van der Waals surface area contributed by atoms with Gasteiger partial charge in [0, 0.05) is 5.70 Å². The number of dihydropyridines is 1. The molecule has 1 atom stereocenters. The lowest BCUT2D eigenvalue weighted by Crippen LogP contribution is -2.35. The van der Waals surface area contributed by atoms with Crippen molar-refractivity contribution in [2.75, 3.05) is 13.2 Å². The van der Waals surface area contributed by atoms with Crippen LogP contribution < -0.4 is 19.5 Å². The third kappa shape index (κ3) is 5.92. The van der Waals surface area contributed by atoms with E-state index in [0.29, 0.717) is 19.0 Å². The van der Waals surface area contributed by atoms with Gasteiger partial charge in [-0.1, -0.05) is 30.4 Å². The Morgan fingerprint density at radius 3 is 2.35 bits per heavy atom. The van der Waals surface area contributed by atoms with Crippen molar-refractivity contribution in [3.63, 3.8) is 0 Å². The number of hydrogen-bond donors (Lipinski definition) is 2. The molecule has 6 heteroatoms. The molecular weight excluding hydrogens is 394 g/mol. The zero-order chi connectivity index (χ0) is 21.5. The number of carboxylic acid groups (broad SMARTS) is 1. The van der Waals surface area contributed by atoms with E-state index in [1.807, 2.05) is 36.4 Å². The fraction of sp³-hybridized carbons (Fsp3) is 0.240. The number of hydrogen-bond acceptors (Lipinski definition) is 5. The number of carboxylic acids is 1. The van der Waals surface area contributed by atoms with E-state index in [2.05, 4.69) is 29.6 Å². The topological polar surface area (TPSA) is 77.0 Å². The maximum Gasteiger partial charge on any atom is 0.341 e. The van der Waals surface area contributed by atoms with Crippen molar-refractivity contribution < 1.29 is 24.1 Å². The molecule has 2 aliphatic rings. The van der Waals surface area contributed by atoms with Crippen LogP contribution in [0.4, 0.5) is 0 Å². The third-order valence-electron chi connectivity index (χ3n) is 5.03. The lowest BCUT2D eigenvalue weighted by molar-refractivity contribution is -0.139. The molecule has 0 saturated heterocycles. The lowest BCUT2D eigenvalue weighted by Gasteiger charge is -2.25. The number of carbonyl (C=O) groups is 1. The van der Waals surface area contributed by atoms with Crippen LogP contribution in [0.3, 0.4) is 0 Å². The minimum Gasteiger partial charge on any atom is -0.491 e. The largest absolute Gasteiger partial charge is 0.491 e. The Bertz CT molecular complexity index is 990. The Morgan fingerprint density at radius 2 is 1.61 bits per heavy atom. The van der Waals surface area contributed by atoms with E-state index in [-0.39, 0.29) is 12.6 Å². The molecule has 2 aromatic rings. The highest BCUT2D eigenvalue weighted by molar-refractivity contribution is 5.68. The van der Waals surface area contributed by atoms with E-state index in [9.17, 15) is 4.79 Å². The number of nitrogens with one attached hydrogen (secondary N) is 1. The molecule has 0 amide bonds. The molecule has 4 rings (SSSR count). The summed E-state index contributed by atoms with van der Waals surface area (Å²) in [5, 5.41) is 12.1. The predicted molar refractivity (Wildman–Crippen MR) is 117 cm³/mol. The Balaban J connectivity index is 1.21. The predicted octanol–water partition coefficient (Wildman–Crippen LogP) is 4.24. The minimum absolute atomic E-state index is 0.153. The first kappa shape index (κ1) is 20.6. The smallest absolute Gasteiger partial charge is 0.341 e. The van der Waals surface area contributed by atoms with Crippen molar-refractivity contribution in [3.05, 3.63) is 89.7 Å². The summed E-state index contributed by atoms with van der Waals surface area (Å²) in [7, 11) is 0. The summed E-state index contributed by atoms with van der Waals surface area (Å²) < 4.78 is 16.9. The van der Waals surface area contributed by atoms with E-state index < -0.39 is 5.97 Å². The molecule has 2 aromatic carbocycles. The molecule has 0 fully saturated rings. The van der Waals surface area contributed by atoms with Crippen molar-refractivity contribution in [3.8, 4) is 17.2 Å². The molecule has 0 aromatic heterocycles. The summed E-state index contributed by atoms with van der Waals surface area (Å²) in [5.41, 5.74) is 3.53. The number of rotatable bonds is 9. The number of ether oxygens (including phenoxy) is 3. The molecule has 31 heavy (non-hydrogen) atoms. The SMILES string of the molecule is O=C(O)COc1ccc(COc2ccc(OCC3C=CC4=C(C=CCC4)N3)cc2)cc1. The molecule has 1 aliphatic carbocycles. The van der Waals surface area contributed by atoms with Gasteiger partial charge in [-0.25, -0.2) is 4.79 Å². The zero-order valence-corrected chi connectivity index (χ0v) is 17.1. The molecule has 0 saturated carbocycles. The first-order valence-electron chi connectivity index (χ1n) is 10.3. The average Bonchev–Trinajstić information content (AvgIpc) is 2.81. The van der Waals surface area contributed by atoms with Gasteiger partial charge in [-0.05, 0) is 66.5 Å². The van der Waals surface area contributed by atoms with E-state index in [1.165, 1.54) is 11.3 Å². The van der Waals surface area contributed by atoms with E-state index in [4.69, 9.17) is 19.3 Å². The van der Waals surface area contributed by atoms with Gasteiger partial charge in [-0.2, -0.15) is 0 Å². The zero-order valence-electron chi connectivity index (χ0n) is 17.1. The van der Waals surface area contributed by atoms with E-state index in [1.54, 1.807) is 12.1 Å². The third-order valence-corrected chi connectivity index (χ3v) is 5.03. The molecule has 6 nitrogen and oxygen atoms in total. The van der Waals surface area contributed by atoms with Gasteiger partial charge in [0.15, 0.2) is 6.61 Å². The molecule has 0 spiro atoms. The van der Waals surface area contributed by atoms with Crippen LogP contribution in [0.15, 0.2) is 84.1 Å². The van der Waals surface area contributed by atoms with Crippen LogP contribution in [-0.2, 0) is 11.4 Å². The molecule has 0 radical (unpaired) electrons. The van der Waals surface area contributed by atoms with Crippen LogP contribution in [0.25, 0.3) is 0 Å². The second kappa shape index (κ2) is 9.89. The Labute approximate surface area is 181 Å². The molecule has 1 aliphatic heterocycles. The highest BCUT2D eigenvalue weighted by Gasteiger charge is 2.15. The van der Waals surface area contributed by atoms with Crippen LogP contribution in [0.1, 0.15) is 18.4 Å². The maximum absolute atomic E-state index is 10.5. The minimum atomic E-state index is -1.00. The van der Waals surface area contributed by atoms with Crippen LogP contribution in [0, 0.1) is 0 Å². The second-order valence-electron chi connectivity index (χ2n) is 7.39. The van der Waals surface area contributed by atoms with Crippen molar-refractivity contribution in [2.45, 2.75) is 25.5 Å². The van der Waals surface area contributed by atoms with E-state index >= 15 is 0 Å². The van der Waals surface area contributed by atoms with Crippen LogP contribution in [-0.4, -0.2) is 30.3 Å². The van der Waals surface area contributed by atoms with Gasteiger partial charge in [-0.3, -0.25) is 0 Å². The number of allylic oxidation sites excluding steroid dienone is 4. The quantitative estimate of drug-likeness (QED) is 0.633. The number of aliphatic carboxylic acids is 1. The monoisotopic (exact) mass is 419 g/mol. The standard InChI is InChI=1S/C25H25NO5/c27-25(28)17-31-21-9-5-18(6-10-21)15-29-22-11-13-23(14-12-22)30-16-20-8-7-19-3-1-2-4-24(19)26-20/h2,4-14,20,26H,1,3,15-17H2,(H,27,28). The summed E-state index contributed by atoms with van der Waals surface area (Å²) in [4.78, 5) is 10.5. The Morgan fingerprint density at radius 1 is 0.935 bits per heavy atom. The molecule has 1 unspecified atom stereocenters. The summed E-state index contributed by atoms with van der Waals surface area (Å²) in [6.07, 6.45) is 10.9. The molecule has 1 heterocycles. The van der Waals surface area contributed by atoms with Gasteiger partial charge in [0.2, 0.25) is 0 Å². The summed E-state index contributed by atoms with van der Waals surface area (Å²) >= 11 is 0. The van der Waals surface area contributed by atoms with E-state index in [0.717, 1.165) is 29.9 Å². The average molecular weight is 419 g/mol. The van der Waals surface area contributed by atoms with Crippen molar-refractivity contribution in [1.29, 1.82) is 0 Å². The molecule has 0 bridgehead atoms. The second-order valence-corrected chi connectivity index (χ2v) is 7.39. The molecule has 160 valence electrons. The van der Waals surface area contributed by atoms with Crippen molar-refractivity contribution in [1.82, 2.24) is 5.32 Å². The van der Waals surface area contributed by atoms with Crippen molar-refractivity contribution in [2.24, 2.45) is 0 Å². The highest BCUT2D eigenvalue weighted by atomic mass is 16.5. The molecule has 2 N–H and O–H groups in total. The highest BCUT2D eigenvalue weighted by Crippen LogP contribution is 2.23. The van der Waals surface area contributed by atoms with Crippen LogP contribution in [0.5, 0.6) is 17.2 Å². The Kier molecular flexibility index (Phi) is 6.57. The first-order valence-corrected chi connectivity index (χ1v) is 10.3. The summed E-state index contributed by atoms with van der Waals surface area (Å²) in [5.74, 6) is 1.05. The van der Waals surface area contributed by atoms with Crippen molar-refractivity contribution >= 4 is 5.97 Å². The van der Waals surface area contributed by atoms with Gasteiger partial charge in [0.25, 0.3) is 0 Å². The van der Waals surface area contributed by atoms with Gasteiger partial charge in [0.05, 0.1) is 6.04 Å². The first-order chi connectivity index (χ1) is 15.2. The van der Waals surface area contributed by atoms with Crippen LogP contribution >= 0.6 is 0 Å². The van der Waals surface area contributed by atoms with Gasteiger partial charge in [0.1, 0.15) is 30.5 Å². The lowest BCUT2D eigenvalue weighted by atomic mass is 9.97. The fourth-order valence-electron chi connectivity index (χ4n) is 3.38. The maximum atomic E-state index is 10.5. The number of benzene rings is 2. The van der Waals surface area contributed by atoms with Gasteiger partial charge >= 0.3 is 5.97 Å². The van der Waals surface area contributed by atoms with Gasteiger partial charge < -0.3 is 24.6 Å². The van der Waals surface area contributed by atoms with Crippen LogP contribution in [0.2, 0.25) is 0 Å². The summed E-state index contributed by atoms with van der Waals surface area (Å²) in [6, 6.07) is 14.9. The Hall–Kier alpha value is -3.67. The molecular formula is C25H25NO5. The normalized spacial score (nSPS) is 17.0. The summed E-state index contributed by atoms with van der Waals surface area (Å²) in [6.45, 7) is 0.603. The fourth-order valence-corrected chi connectivity index (χ4v) is 3.38. The van der Waals surface area contributed by atoms with Gasteiger partial charge in [-0.15, -0.1) is 0 Å².